The van der Waals surface area contributed by atoms with Crippen LogP contribution in [-0.2, 0) is 0 Å². The largest absolute Gasteiger partial charge is 0.464 e. The van der Waals surface area contributed by atoms with E-state index in [4.69, 9.17) is 9.68 Å². The van der Waals surface area contributed by atoms with Gasteiger partial charge in [0, 0.05) is 5.39 Å². The zero-order valence-electron chi connectivity index (χ0n) is 7.90. The summed E-state index contributed by atoms with van der Waals surface area (Å²) < 4.78 is 5.32. The van der Waals surface area contributed by atoms with Crippen molar-refractivity contribution >= 4 is 21.7 Å². The highest BCUT2D eigenvalue weighted by molar-refractivity contribution is 6.05. The Bertz CT molecular complexity index is 688. The number of rotatable bonds is 0. The van der Waals surface area contributed by atoms with Gasteiger partial charge in [0.1, 0.15) is 5.58 Å². The zero-order chi connectivity index (χ0) is 10.3. The van der Waals surface area contributed by atoms with Gasteiger partial charge in [-0.25, -0.2) is 0 Å². The Labute approximate surface area is 86.3 Å². The molecule has 3 aromatic rings. The fourth-order valence-electron chi connectivity index (χ4n) is 1.85. The molecule has 1 heterocycles. The summed E-state index contributed by atoms with van der Waals surface area (Å²) in [6, 6.07) is 13.7. The molecule has 0 fully saturated rings. The van der Waals surface area contributed by atoms with Gasteiger partial charge in [-0.15, -0.1) is 0 Å². The lowest BCUT2D eigenvalue weighted by Gasteiger charge is -1.98. The highest BCUT2D eigenvalue weighted by atomic mass is 16.3. The number of hydrogen-bond acceptors (Lipinski definition) is 2. The Morgan fingerprint density at radius 1 is 1.00 bits per heavy atom. The molecule has 0 unspecified atom stereocenters. The van der Waals surface area contributed by atoms with Gasteiger partial charge in [-0.1, -0.05) is 12.1 Å². The number of hydrogen-bond donors (Lipinski definition) is 0. The molecule has 0 atom stereocenters. The minimum absolute atomic E-state index is 0.686. The third kappa shape index (κ3) is 1.10. The van der Waals surface area contributed by atoms with E-state index in [9.17, 15) is 0 Å². The summed E-state index contributed by atoms with van der Waals surface area (Å²) in [6.07, 6.45) is 1.68. The minimum Gasteiger partial charge on any atom is -0.464 e. The molecule has 0 N–H and O–H groups in total. The summed E-state index contributed by atoms with van der Waals surface area (Å²) in [6.45, 7) is 0. The quantitative estimate of drug-likeness (QED) is 0.548. The van der Waals surface area contributed by atoms with E-state index in [-0.39, 0.29) is 0 Å². The number of furan rings is 1. The van der Waals surface area contributed by atoms with Crippen LogP contribution in [0, 0.1) is 11.3 Å². The second-order valence-corrected chi connectivity index (χ2v) is 3.45. The monoisotopic (exact) mass is 193 g/mol. The van der Waals surface area contributed by atoms with Crippen molar-refractivity contribution in [2.24, 2.45) is 0 Å². The summed E-state index contributed by atoms with van der Waals surface area (Å²) >= 11 is 0. The van der Waals surface area contributed by atoms with Crippen molar-refractivity contribution in [2.75, 3.05) is 0 Å². The van der Waals surface area contributed by atoms with Crippen LogP contribution in [0.25, 0.3) is 21.7 Å². The van der Waals surface area contributed by atoms with E-state index < -0.39 is 0 Å². The molecule has 0 saturated heterocycles. The van der Waals surface area contributed by atoms with Crippen LogP contribution in [0.4, 0.5) is 0 Å². The van der Waals surface area contributed by atoms with Gasteiger partial charge in [-0.05, 0) is 35.0 Å². The fraction of sp³-hybridized carbons (Fsp3) is 0. The van der Waals surface area contributed by atoms with Crippen LogP contribution in [0.1, 0.15) is 5.56 Å². The van der Waals surface area contributed by atoms with E-state index in [1.807, 2.05) is 36.4 Å². The van der Waals surface area contributed by atoms with E-state index in [1.165, 1.54) is 0 Å². The average molecular weight is 193 g/mol. The van der Waals surface area contributed by atoms with E-state index in [0.29, 0.717) is 5.56 Å². The summed E-state index contributed by atoms with van der Waals surface area (Å²) in [5, 5.41) is 12.1. The molecule has 0 bridgehead atoms. The summed E-state index contributed by atoms with van der Waals surface area (Å²) in [5.74, 6) is 0. The molecule has 3 rings (SSSR count). The molecular weight excluding hydrogens is 186 g/mol. The minimum atomic E-state index is 0.686. The molecule has 0 radical (unpaired) electrons. The van der Waals surface area contributed by atoms with Crippen molar-refractivity contribution < 1.29 is 4.42 Å². The van der Waals surface area contributed by atoms with Crippen LogP contribution >= 0.6 is 0 Å². The smallest absolute Gasteiger partial charge is 0.134 e. The standard InChI is InChI=1S/C13H7NO/c14-8-9-1-3-11-10(7-9)2-4-13-12(11)5-6-15-13/h1-7H. The van der Waals surface area contributed by atoms with Gasteiger partial charge in [-0.3, -0.25) is 0 Å². The molecule has 0 saturated carbocycles. The zero-order valence-corrected chi connectivity index (χ0v) is 7.90. The number of benzene rings is 2. The first-order chi connectivity index (χ1) is 7.38. The molecule has 0 amide bonds. The maximum Gasteiger partial charge on any atom is 0.134 e. The van der Waals surface area contributed by atoms with Gasteiger partial charge < -0.3 is 4.42 Å². The van der Waals surface area contributed by atoms with Crippen LogP contribution in [0.2, 0.25) is 0 Å². The van der Waals surface area contributed by atoms with Crippen LogP contribution < -0.4 is 0 Å². The molecule has 70 valence electrons. The second kappa shape index (κ2) is 2.86. The Hall–Kier alpha value is -2.27. The van der Waals surface area contributed by atoms with Crippen molar-refractivity contribution in [1.29, 1.82) is 5.26 Å². The molecule has 0 aliphatic carbocycles. The summed E-state index contributed by atoms with van der Waals surface area (Å²) in [5.41, 5.74) is 1.57. The van der Waals surface area contributed by atoms with Gasteiger partial charge in [0.2, 0.25) is 0 Å². The van der Waals surface area contributed by atoms with Crippen LogP contribution in [0.3, 0.4) is 0 Å². The maximum absolute atomic E-state index is 8.80. The van der Waals surface area contributed by atoms with E-state index >= 15 is 0 Å². The summed E-state index contributed by atoms with van der Waals surface area (Å²) in [7, 11) is 0. The second-order valence-electron chi connectivity index (χ2n) is 3.45. The Kier molecular flexibility index (Phi) is 1.54. The van der Waals surface area contributed by atoms with E-state index in [0.717, 1.165) is 21.7 Å². The Morgan fingerprint density at radius 2 is 1.93 bits per heavy atom. The van der Waals surface area contributed by atoms with Gasteiger partial charge in [0.25, 0.3) is 0 Å². The molecule has 2 nitrogen and oxygen atoms in total. The lowest BCUT2D eigenvalue weighted by molar-refractivity contribution is 0.616. The third-order valence-corrected chi connectivity index (χ3v) is 2.58. The third-order valence-electron chi connectivity index (χ3n) is 2.58. The van der Waals surface area contributed by atoms with Crippen molar-refractivity contribution in [3.8, 4) is 6.07 Å². The van der Waals surface area contributed by atoms with Crippen molar-refractivity contribution in [2.45, 2.75) is 0 Å². The van der Waals surface area contributed by atoms with Crippen LogP contribution in [0.5, 0.6) is 0 Å². The molecule has 1 aromatic heterocycles. The van der Waals surface area contributed by atoms with Gasteiger partial charge in [0.15, 0.2) is 0 Å². The molecule has 15 heavy (non-hydrogen) atoms. The average Bonchev–Trinajstić information content (AvgIpc) is 2.76. The van der Waals surface area contributed by atoms with Crippen LogP contribution in [-0.4, -0.2) is 0 Å². The Balaban J connectivity index is 2.50. The first-order valence-electron chi connectivity index (χ1n) is 4.68. The molecule has 0 spiro atoms. The predicted molar refractivity (Wildman–Crippen MR) is 58.4 cm³/mol. The number of nitriles is 1. The molecule has 2 aromatic carbocycles. The summed E-state index contributed by atoms with van der Waals surface area (Å²) in [4.78, 5) is 0. The fourth-order valence-corrected chi connectivity index (χ4v) is 1.85. The molecule has 0 aliphatic heterocycles. The van der Waals surface area contributed by atoms with Gasteiger partial charge in [0.05, 0.1) is 17.9 Å². The lowest BCUT2D eigenvalue weighted by atomic mass is 10.0. The molecular formula is C13H7NO. The van der Waals surface area contributed by atoms with Crippen molar-refractivity contribution in [1.82, 2.24) is 0 Å². The normalized spacial score (nSPS) is 10.6. The topological polar surface area (TPSA) is 36.9 Å². The molecule has 2 heteroatoms. The van der Waals surface area contributed by atoms with Crippen molar-refractivity contribution in [3.05, 3.63) is 48.2 Å². The highest BCUT2D eigenvalue weighted by Crippen LogP contribution is 2.26. The lowest BCUT2D eigenvalue weighted by Crippen LogP contribution is -1.76. The van der Waals surface area contributed by atoms with E-state index in [1.54, 1.807) is 6.26 Å². The first-order valence-corrected chi connectivity index (χ1v) is 4.68. The van der Waals surface area contributed by atoms with Crippen LogP contribution in [0.15, 0.2) is 47.1 Å². The highest BCUT2D eigenvalue weighted by Gasteiger charge is 2.02. The number of nitrogens with zero attached hydrogens (tertiary/aromatic N) is 1. The predicted octanol–water partition coefficient (Wildman–Crippen LogP) is 3.46. The maximum atomic E-state index is 8.80. The van der Waals surface area contributed by atoms with Gasteiger partial charge >= 0.3 is 0 Å². The van der Waals surface area contributed by atoms with Crippen molar-refractivity contribution in [3.63, 3.8) is 0 Å². The van der Waals surface area contributed by atoms with E-state index in [2.05, 4.69) is 6.07 Å². The SMILES string of the molecule is N#Cc1ccc2c(ccc3occc32)c1. The first kappa shape index (κ1) is 8.07. The molecule has 0 aliphatic rings. The van der Waals surface area contributed by atoms with Gasteiger partial charge in [-0.2, -0.15) is 5.26 Å². The Morgan fingerprint density at radius 3 is 2.80 bits per heavy atom. The number of fused-ring (bicyclic) bond motifs is 3.